The van der Waals surface area contributed by atoms with Gasteiger partial charge in [0.2, 0.25) is 5.91 Å². The molecule has 7 heteroatoms. The fourth-order valence-electron chi connectivity index (χ4n) is 4.11. The molecule has 0 aliphatic rings. The topological polar surface area (TPSA) is 64.4 Å². The Morgan fingerprint density at radius 1 is 1.15 bits per heavy atom. The number of amides is 1. The van der Waals surface area contributed by atoms with Crippen molar-refractivity contribution in [1.29, 1.82) is 0 Å². The van der Waals surface area contributed by atoms with Gasteiger partial charge in [-0.15, -0.1) is 11.6 Å². The highest BCUT2D eigenvalue weighted by Gasteiger charge is 2.28. The number of para-hydroxylation sites is 1. The Morgan fingerprint density at radius 3 is 2.47 bits per heavy atom. The molecule has 1 atom stereocenters. The summed E-state index contributed by atoms with van der Waals surface area (Å²) in [6, 6.07) is 14.3. The summed E-state index contributed by atoms with van der Waals surface area (Å²) in [7, 11) is 1.61. The number of ether oxygens (including phenoxy) is 1. The quantitative estimate of drug-likeness (QED) is 0.326. The van der Waals surface area contributed by atoms with Crippen molar-refractivity contribution in [3.05, 3.63) is 64.7 Å². The van der Waals surface area contributed by atoms with Crippen LogP contribution in [0.1, 0.15) is 58.3 Å². The van der Waals surface area contributed by atoms with E-state index in [2.05, 4.69) is 13.8 Å². The van der Waals surface area contributed by atoms with Crippen molar-refractivity contribution in [2.75, 3.05) is 19.5 Å². The van der Waals surface area contributed by atoms with E-state index in [0.29, 0.717) is 65.8 Å². The first-order valence-electron chi connectivity index (χ1n) is 11.9. The number of hydrogen-bond acceptors (Lipinski definition) is 4. The highest BCUT2D eigenvalue weighted by Crippen LogP contribution is 2.28. The van der Waals surface area contributed by atoms with Gasteiger partial charge < -0.3 is 9.64 Å². The molecule has 0 N–H and O–H groups in total. The second kappa shape index (κ2) is 12.0. The summed E-state index contributed by atoms with van der Waals surface area (Å²) in [5.74, 6) is 2.19. The molecule has 3 rings (SSSR count). The molecular formula is C27H34ClN3O3. The van der Waals surface area contributed by atoms with E-state index in [1.54, 1.807) is 17.7 Å². The number of methoxy groups -OCH3 is 1. The first-order chi connectivity index (χ1) is 16.4. The minimum atomic E-state index is -0.346. The van der Waals surface area contributed by atoms with Gasteiger partial charge in [-0.05, 0) is 61.6 Å². The fourth-order valence-corrected chi connectivity index (χ4v) is 4.24. The molecule has 0 saturated heterocycles. The third-order valence-electron chi connectivity index (χ3n) is 5.99. The first-order valence-corrected chi connectivity index (χ1v) is 12.5. The molecule has 3 aromatic rings. The van der Waals surface area contributed by atoms with E-state index in [1.165, 1.54) is 0 Å². The van der Waals surface area contributed by atoms with Crippen LogP contribution in [0, 0.1) is 5.92 Å². The number of fused-ring (bicyclic) bond motifs is 1. The summed E-state index contributed by atoms with van der Waals surface area (Å²) in [4.78, 5) is 33.9. The van der Waals surface area contributed by atoms with E-state index < -0.39 is 0 Å². The van der Waals surface area contributed by atoms with Crippen molar-refractivity contribution in [3.63, 3.8) is 0 Å². The van der Waals surface area contributed by atoms with Crippen LogP contribution in [0.3, 0.4) is 0 Å². The Hall–Kier alpha value is -2.86. The number of nitrogens with zero attached hydrogens (tertiary/aromatic N) is 3. The Kier molecular flexibility index (Phi) is 9.11. The van der Waals surface area contributed by atoms with Gasteiger partial charge in [0.05, 0.1) is 29.7 Å². The number of rotatable bonds is 11. The molecule has 0 spiro atoms. The fraction of sp³-hybridized carbons (Fsp3) is 0.444. The largest absolute Gasteiger partial charge is 0.497 e. The molecule has 34 heavy (non-hydrogen) atoms. The van der Waals surface area contributed by atoms with E-state index in [9.17, 15) is 9.59 Å². The Labute approximate surface area is 206 Å². The third kappa shape index (κ3) is 5.79. The van der Waals surface area contributed by atoms with Crippen molar-refractivity contribution in [2.24, 2.45) is 5.92 Å². The van der Waals surface area contributed by atoms with E-state index in [1.807, 2.05) is 54.3 Å². The van der Waals surface area contributed by atoms with Gasteiger partial charge in [-0.1, -0.05) is 32.9 Å². The molecule has 182 valence electrons. The molecule has 0 bridgehead atoms. The van der Waals surface area contributed by atoms with Gasteiger partial charge in [0, 0.05) is 18.8 Å². The zero-order valence-electron chi connectivity index (χ0n) is 20.5. The molecular weight excluding hydrogens is 450 g/mol. The van der Waals surface area contributed by atoms with Crippen molar-refractivity contribution in [1.82, 2.24) is 14.5 Å². The van der Waals surface area contributed by atoms with E-state index >= 15 is 0 Å². The minimum Gasteiger partial charge on any atom is -0.497 e. The molecule has 6 nitrogen and oxygen atoms in total. The molecule has 1 aromatic heterocycles. The molecule has 1 amide bonds. The lowest BCUT2D eigenvalue weighted by Crippen LogP contribution is -2.39. The van der Waals surface area contributed by atoms with Gasteiger partial charge in [-0.3, -0.25) is 14.2 Å². The van der Waals surface area contributed by atoms with E-state index in [-0.39, 0.29) is 17.5 Å². The number of carbonyl (C=O) groups excluding carboxylic acids is 1. The van der Waals surface area contributed by atoms with Gasteiger partial charge in [-0.25, -0.2) is 4.98 Å². The maximum Gasteiger partial charge on any atom is 0.266 e. The highest BCUT2D eigenvalue weighted by molar-refractivity contribution is 6.17. The van der Waals surface area contributed by atoms with Crippen LogP contribution in [0.15, 0.2) is 53.3 Å². The molecule has 0 aliphatic carbocycles. The number of alkyl halides is 1. The summed E-state index contributed by atoms with van der Waals surface area (Å²) in [5.41, 5.74) is 1.17. The van der Waals surface area contributed by atoms with Crippen molar-refractivity contribution in [3.8, 4) is 11.4 Å². The lowest BCUT2D eigenvalue weighted by Gasteiger charge is -2.33. The Bertz CT molecular complexity index is 1160. The van der Waals surface area contributed by atoms with Crippen molar-refractivity contribution >= 4 is 28.4 Å². The van der Waals surface area contributed by atoms with Crippen molar-refractivity contribution < 1.29 is 9.53 Å². The maximum atomic E-state index is 13.7. The number of aromatic nitrogens is 2. The third-order valence-corrected chi connectivity index (χ3v) is 6.25. The Balaban J connectivity index is 2.21. The Morgan fingerprint density at radius 2 is 1.85 bits per heavy atom. The number of carbonyl (C=O) groups is 1. The number of benzene rings is 2. The smallest absolute Gasteiger partial charge is 0.266 e. The lowest BCUT2D eigenvalue weighted by atomic mass is 10.1. The molecule has 0 fully saturated rings. The highest BCUT2D eigenvalue weighted by atomic mass is 35.5. The average molecular weight is 484 g/mol. The standard InChI is InChI=1S/C27H34ClN3O3/c1-5-24(30(18-16-19(2)3)25(32)11-8-17-28)26-29-23-10-7-6-9-22(23)27(33)31(26)20-12-14-21(34-4)15-13-20/h6-7,9-10,12-15,19,24H,5,8,11,16-18H2,1-4H3. The van der Waals surface area contributed by atoms with E-state index in [0.717, 1.165) is 6.42 Å². The molecule has 0 aliphatic heterocycles. The SMILES string of the molecule is CCC(c1nc2ccccc2c(=O)n1-c1ccc(OC)cc1)N(CCC(C)C)C(=O)CCCCl. The van der Waals surface area contributed by atoms with Gasteiger partial charge in [-0.2, -0.15) is 0 Å². The molecule has 2 aromatic carbocycles. The van der Waals surface area contributed by atoms with Crippen LogP contribution < -0.4 is 10.3 Å². The second-order valence-corrected chi connectivity index (χ2v) is 9.19. The molecule has 1 heterocycles. The summed E-state index contributed by atoms with van der Waals surface area (Å²) >= 11 is 5.89. The molecule has 0 radical (unpaired) electrons. The number of halogens is 1. The van der Waals surface area contributed by atoms with Gasteiger partial charge in [0.25, 0.3) is 5.56 Å². The maximum absolute atomic E-state index is 13.7. The van der Waals surface area contributed by atoms with Crippen LogP contribution in [0.2, 0.25) is 0 Å². The van der Waals surface area contributed by atoms with Gasteiger partial charge in [0.1, 0.15) is 11.6 Å². The van der Waals surface area contributed by atoms with Crippen LogP contribution >= 0.6 is 11.6 Å². The molecule has 1 unspecified atom stereocenters. The van der Waals surface area contributed by atoms with E-state index in [4.69, 9.17) is 21.3 Å². The normalized spacial score (nSPS) is 12.2. The zero-order chi connectivity index (χ0) is 24.7. The van der Waals surface area contributed by atoms with Gasteiger partial charge in [0.15, 0.2) is 0 Å². The minimum absolute atomic E-state index is 0.0387. The van der Waals surface area contributed by atoms with Crippen molar-refractivity contribution in [2.45, 2.75) is 52.5 Å². The number of hydrogen-bond donors (Lipinski definition) is 0. The predicted molar refractivity (Wildman–Crippen MR) is 138 cm³/mol. The summed E-state index contributed by atoms with van der Waals surface area (Å²) in [6.07, 6.45) is 2.49. The molecule has 0 saturated carbocycles. The zero-order valence-corrected chi connectivity index (χ0v) is 21.2. The van der Waals surface area contributed by atoms with Crippen LogP contribution in [0.25, 0.3) is 16.6 Å². The summed E-state index contributed by atoms with van der Waals surface area (Å²) < 4.78 is 6.95. The second-order valence-electron chi connectivity index (χ2n) is 8.81. The average Bonchev–Trinajstić information content (AvgIpc) is 2.85. The monoisotopic (exact) mass is 483 g/mol. The first kappa shape index (κ1) is 25.8. The van der Waals surface area contributed by atoms with Gasteiger partial charge >= 0.3 is 0 Å². The summed E-state index contributed by atoms with van der Waals surface area (Å²) in [6.45, 7) is 6.91. The van der Waals surface area contributed by atoms with Crippen LogP contribution in [0.4, 0.5) is 0 Å². The van der Waals surface area contributed by atoms with Crippen LogP contribution in [-0.2, 0) is 4.79 Å². The predicted octanol–water partition coefficient (Wildman–Crippen LogP) is 5.74. The van der Waals surface area contributed by atoms with Crippen LogP contribution in [0.5, 0.6) is 5.75 Å². The summed E-state index contributed by atoms with van der Waals surface area (Å²) in [5, 5.41) is 0.541. The van der Waals surface area contributed by atoms with Crippen LogP contribution in [-0.4, -0.2) is 39.9 Å². The lowest BCUT2D eigenvalue weighted by molar-refractivity contribution is -0.134.